The molecule has 0 aliphatic heterocycles. The van der Waals surface area contributed by atoms with Crippen LogP contribution in [-0.4, -0.2) is 22.4 Å². The molecular weight excluding hydrogens is 220 g/mol. The van der Waals surface area contributed by atoms with Gasteiger partial charge in [-0.3, -0.25) is 0 Å². The van der Waals surface area contributed by atoms with Crippen LogP contribution < -0.4 is 0 Å². The van der Waals surface area contributed by atoms with Crippen molar-refractivity contribution in [2.45, 2.75) is 13.5 Å². The molecule has 0 unspecified atom stereocenters. The Bertz CT molecular complexity index is 443. The van der Waals surface area contributed by atoms with Crippen LogP contribution in [0.15, 0.2) is 35.8 Å². The third-order valence-electron chi connectivity index (χ3n) is 2.34. The summed E-state index contributed by atoms with van der Waals surface area (Å²) in [5.41, 5.74) is 1.11. The molecule has 0 radical (unpaired) electrons. The smallest absolute Gasteiger partial charge is 0.155 e. The molecule has 4 heteroatoms. The number of rotatable bonds is 4. The molecule has 1 aromatic carbocycles. The predicted octanol–water partition coefficient (Wildman–Crippen LogP) is 2.33. The fourth-order valence-corrected chi connectivity index (χ4v) is 1.42. The maximum absolute atomic E-state index is 9.54. The highest BCUT2D eigenvalue weighted by atomic mass is 16.5. The van der Waals surface area contributed by atoms with Gasteiger partial charge in [0, 0.05) is 5.56 Å². The normalized spacial score (nSPS) is 12.6. The van der Waals surface area contributed by atoms with E-state index in [9.17, 15) is 10.2 Å². The summed E-state index contributed by atoms with van der Waals surface area (Å²) in [5.74, 6) is 0.435. The summed E-state index contributed by atoms with van der Waals surface area (Å²) >= 11 is 0. The number of hydrogen-bond acceptors (Lipinski definition) is 4. The van der Waals surface area contributed by atoms with E-state index in [-0.39, 0.29) is 18.1 Å². The Kier molecular flexibility index (Phi) is 4.60. The maximum Gasteiger partial charge on any atom is 0.155 e. The number of methoxy groups -OCH3 is 1. The molecule has 0 saturated heterocycles. The third kappa shape index (κ3) is 3.26. The average Bonchev–Trinajstić information content (AvgIpc) is 2.29. The van der Waals surface area contributed by atoms with Crippen LogP contribution in [0.25, 0.3) is 6.08 Å². The molecule has 92 valence electrons. The van der Waals surface area contributed by atoms with Crippen LogP contribution in [0, 0.1) is 0 Å². The van der Waals surface area contributed by atoms with E-state index in [4.69, 9.17) is 9.84 Å². The van der Waals surface area contributed by atoms with Gasteiger partial charge < -0.3 is 20.1 Å². The number of benzene rings is 1. The molecule has 0 fully saturated rings. The van der Waals surface area contributed by atoms with Gasteiger partial charge in [-0.2, -0.15) is 0 Å². The first-order chi connectivity index (χ1) is 8.10. The first-order valence-electron chi connectivity index (χ1n) is 5.13. The molecule has 0 amide bonds. The molecule has 0 aliphatic carbocycles. The number of aliphatic hydroxyl groups is 2. The molecule has 17 heavy (non-hydrogen) atoms. The van der Waals surface area contributed by atoms with Crippen molar-refractivity contribution in [3.8, 4) is 5.75 Å². The van der Waals surface area contributed by atoms with Crippen molar-refractivity contribution in [3.05, 3.63) is 46.9 Å². The van der Waals surface area contributed by atoms with Gasteiger partial charge in [-0.15, -0.1) is 0 Å². The van der Waals surface area contributed by atoms with E-state index in [1.54, 1.807) is 24.3 Å². The first kappa shape index (κ1) is 13.1. The van der Waals surface area contributed by atoms with Crippen LogP contribution in [0.3, 0.4) is 0 Å². The minimum absolute atomic E-state index is 0.0401. The Morgan fingerprint density at radius 2 is 2.12 bits per heavy atom. The van der Waals surface area contributed by atoms with E-state index in [0.717, 1.165) is 0 Å². The Hall–Kier alpha value is -1.94. The first-order valence-corrected chi connectivity index (χ1v) is 5.13. The molecule has 0 bridgehead atoms. The lowest BCUT2D eigenvalue weighted by molar-refractivity contribution is 0.269. The fourth-order valence-electron chi connectivity index (χ4n) is 1.42. The van der Waals surface area contributed by atoms with Gasteiger partial charge in [0.2, 0.25) is 0 Å². The van der Waals surface area contributed by atoms with E-state index < -0.39 is 0 Å². The number of hydrogen-bond donors (Lipinski definition) is 3. The van der Waals surface area contributed by atoms with E-state index >= 15 is 0 Å². The Labute approximate surface area is 100 Å². The second kappa shape index (κ2) is 5.96. The molecule has 0 aromatic heterocycles. The van der Waals surface area contributed by atoms with Gasteiger partial charge in [0.05, 0.1) is 13.7 Å². The predicted molar refractivity (Wildman–Crippen MR) is 65.4 cm³/mol. The standard InChI is InChI=1S/C13H16O4/c1-9(15)13(17-2)7-6-10-4-3-5-12(16)11(10)8-14/h3-7,14-16H,8H2,1-2H3/b7-6-,13-9-. The van der Waals surface area contributed by atoms with Crippen LogP contribution in [0.5, 0.6) is 5.75 Å². The average molecular weight is 236 g/mol. The van der Waals surface area contributed by atoms with Gasteiger partial charge in [-0.1, -0.05) is 18.2 Å². The van der Waals surface area contributed by atoms with Crippen LogP contribution >= 0.6 is 0 Å². The number of ether oxygens (including phenoxy) is 1. The van der Waals surface area contributed by atoms with Gasteiger partial charge in [-0.25, -0.2) is 0 Å². The summed E-state index contributed by atoms with van der Waals surface area (Å²) in [6.45, 7) is 1.26. The van der Waals surface area contributed by atoms with E-state index in [2.05, 4.69) is 0 Å². The third-order valence-corrected chi connectivity index (χ3v) is 2.34. The van der Waals surface area contributed by atoms with Crippen molar-refractivity contribution in [1.82, 2.24) is 0 Å². The monoisotopic (exact) mass is 236 g/mol. The van der Waals surface area contributed by atoms with Crippen molar-refractivity contribution in [3.63, 3.8) is 0 Å². The summed E-state index contributed by atoms with van der Waals surface area (Å²) in [7, 11) is 1.45. The molecule has 4 nitrogen and oxygen atoms in total. The van der Waals surface area contributed by atoms with Crippen LogP contribution in [0.4, 0.5) is 0 Å². The highest BCUT2D eigenvalue weighted by Crippen LogP contribution is 2.22. The molecule has 1 rings (SSSR count). The fraction of sp³-hybridized carbons (Fsp3) is 0.231. The van der Waals surface area contributed by atoms with Gasteiger partial charge in [0.1, 0.15) is 11.5 Å². The van der Waals surface area contributed by atoms with Gasteiger partial charge in [0.15, 0.2) is 5.76 Å². The van der Waals surface area contributed by atoms with Crippen LogP contribution in [-0.2, 0) is 11.3 Å². The Balaban J connectivity index is 3.07. The second-order valence-electron chi connectivity index (χ2n) is 3.49. The number of aliphatic hydroxyl groups excluding tert-OH is 2. The van der Waals surface area contributed by atoms with Crippen molar-refractivity contribution in [2.75, 3.05) is 7.11 Å². The lowest BCUT2D eigenvalue weighted by Crippen LogP contribution is -1.90. The zero-order valence-electron chi connectivity index (χ0n) is 9.84. The summed E-state index contributed by atoms with van der Waals surface area (Å²) in [6.07, 6.45) is 3.23. The molecule has 0 atom stereocenters. The minimum atomic E-state index is -0.253. The van der Waals surface area contributed by atoms with E-state index in [0.29, 0.717) is 16.9 Å². The molecule has 0 aliphatic rings. The number of allylic oxidation sites excluding steroid dienone is 2. The van der Waals surface area contributed by atoms with Gasteiger partial charge >= 0.3 is 0 Å². The van der Waals surface area contributed by atoms with E-state index in [1.165, 1.54) is 20.1 Å². The summed E-state index contributed by atoms with van der Waals surface area (Å²) < 4.78 is 4.96. The van der Waals surface area contributed by atoms with Crippen LogP contribution in [0.1, 0.15) is 18.1 Å². The van der Waals surface area contributed by atoms with Gasteiger partial charge in [-0.05, 0) is 24.6 Å². The van der Waals surface area contributed by atoms with Gasteiger partial charge in [0.25, 0.3) is 0 Å². The Morgan fingerprint density at radius 3 is 2.65 bits per heavy atom. The molecular formula is C13H16O4. The maximum atomic E-state index is 9.54. The van der Waals surface area contributed by atoms with Crippen LogP contribution in [0.2, 0.25) is 0 Å². The highest BCUT2D eigenvalue weighted by Gasteiger charge is 2.04. The van der Waals surface area contributed by atoms with Crippen molar-refractivity contribution < 1.29 is 20.1 Å². The molecule has 1 aromatic rings. The van der Waals surface area contributed by atoms with Crippen molar-refractivity contribution in [1.29, 1.82) is 0 Å². The quantitative estimate of drug-likeness (QED) is 0.554. The highest BCUT2D eigenvalue weighted by molar-refractivity contribution is 5.59. The molecule has 3 N–H and O–H groups in total. The number of phenols is 1. The summed E-state index contributed by atoms with van der Waals surface area (Å²) in [4.78, 5) is 0. The van der Waals surface area contributed by atoms with Crippen molar-refractivity contribution in [2.24, 2.45) is 0 Å². The largest absolute Gasteiger partial charge is 0.509 e. The SMILES string of the molecule is COC(/C=C\c1cccc(O)c1CO)=C(/C)O. The lowest BCUT2D eigenvalue weighted by Gasteiger charge is -2.06. The topological polar surface area (TPSA) is 69.9 Å². The van der Waals surface area contributed by atoms with E-state index in [1.807, 2.05) is 0 Å². The lowest BCUT2D eigenvalue weighted by atomic mass is 10.1. The molecule has 0 saturated carbocycles. The zero-order chi connectivity index (χ0) is 12.8. The second-order valence-corrected chi connectivity index (χ2v) is 3.49. The molecule has 0 spiro atoms. The number of aromatic hydroxyl groups is 1. The molecule has 0 heterocycles. The summed E-state index contributed by atoms with van der Waals surface area (Å²) in [5, 5.41) is 28.0. The van der Waals surface area contributed by atoms with Crippen molar-refractivity contribution >= 4 is 6.08 Å². The minimum Gasteiger partial charge on any atom is -0.509 e. The summed E-state index contributed by atoms with van der Waals surface area (Å²) in [6, 6.07) is 4.94. The Morgan fingerprint density at radius 1 is 1.41 bits per heavy atom. The zero-order valence-corrected chi connectivity index (χ0v) is 9.84.